The van der Waals surface area contributed by atoms with Gasteiger partial charge in [-0.25, -0.2) is 9.40 Å². The summed E-state index contributed by atoms with van der Waals surface area (Å²) in [5, 5.41) is 9.78. The Morgan fingerprint density at radius 3 is 2.79 bits per heavy atom. The molecule has 3 rings (SSSR count). The fourth-order valence-electron chi connectivity index (χ4n) is 4.06. The first-order valence-electron chi connectivity index (χ1n) is 11.7. The second-order valence-electron chi connectivity index (χ2n) is 8.68. The number of benzene rings is 1. The topological polar surface area (TPSA) is 40.0 Å². The van der Waals surface area contributed by atoms with Crippen LogP contribution < -0.4 is 5.32 Å². The van der Waals surface area contributed by atoms with Crippen LogP contribution in [0.2, 0.25) is 0 Å². The molecule has 2 heterocycles. The predicted octanol–water partition coefficient (Wildman–Crippen LogP) is 6.87. The van der Waals surface area contributed by atoms with Gasteiger partial charge in [0.15, 0.2) is 0 Å². The van der Waals surface area contributed by atoms with Gasteiger partial charge >= 0.3 is 0 Å². The zero-order valence-electron chi connectivity index (χ0n) is 20.5. The van der Waals surface area contributed by atoms with Crippen molar-refractivity contribution in [1.29, 1.82) is 0 Å². The fraction of sp³-hybridized carbons (Fsp3) is 0.357. The maximum absolute atomic E-state index is 15.4. The van der Waals surface area contributed by atoms with Gasteiger partial charge in [0.25, 0.3) is 0 Å². The van der Waals surface area contributed by atoms with E-state index < -0.39 is 0 Å². The lowest BCUT2D eigenvalue weighted by Crippen LogP contribution is -2.19. The van der Waals surface area contributed by atoms with E-state index in [1.807, 2.05) is 56.4 Å². The molecule has 5 heteroatoms. The van der Waals surface area contributed by atoms with Gasteiger partial charge in [0.1, 0.15) is 5.82 Å². The summed E-state index contributed by atoms with van der Waals surface area (Å²) < 4.78 is 15.4. The molecule has 0 spiro atoms. The van der Waals surface area contributed by atoms with Crippen LogP contribution in [0.1, 0.15) is 63.6 Å². The number of nitrogens with one attached hydrogen (secondary N) is 1. The Labute approximate surface area is 197 Å². The first-order chi connectivity index (χ1) is 15.8. The zero-order chi connectivity index (χ0) is 24.0. The predicted molar refractivity (Wildman–Crippen MR) is 138 cm³/mol. The van der Waals surface area contributed by atoms with Crippen molar-refractivity contribution >= 4 is 18.0 Å². The zero-order valence-corrected chi connectivity index (χ0v) is 20.5. The molecule has 1 aromatic rings. The second kappa shape index (κ2) is 11.1. The Morgan fingerprint density at radius 1 is 1.36 bits per heavy atom. The van der Waals surface area contributed by atoms with Crippen LogP contribution in [0, 0.1) is 18.7 Å². The molecule has 1 aromatic carbocycles. The smallest absolute Gasteiger partial charge is 0.131 e. The van der Waals surface area contributed by atoms with Crippen molar-refractivity contribution in [2.75, 3.05) is 6.54 Å². The van der Waals surface area contributed by atoms with Crippen molar-refractivity contribution in [1.82, 2.24) is 10.3 Å². The van der Waals surface area contributed by atoms with Crippen molar-refractivity contribution in [3.8, 4) is 0 Å². The van der Waals surface area contributed by atoms with Gasteiger partial charge in [-0.15, -0.1) is 0 Å². The molecular formula is C28H35FN4. The number of allylic oxidation sites excluding steroid dienone is 4. The summed E-state index contributed by atoms with van der Waals surface area (Å²) in [5.41, 5.74) is 6.86. The molecule has 1 N–H and O–H groups in total. The average Bonchev–Trinajstić information content (AvgIpc) is 2.79. The number of hydrogen-bond acceptors (Lipinski definition) is 4. The summed E-state index contributed by atoms with van der Waals surface area (Å²) in [5.74, 6) is -0.0962. The molecule has 0 saturated heterocycles. The Balaban J connectivity index is 1.99. The SMILES string of the molecule is C=C1C(C)=CC(c2cc(C)c(/C=C(\N=CC)C3C=CNCC3)c(F)c2)=NN1/C=C(/C)CCC. The van der Waals surface area contributed by atoms with E-state index in [1.54, 1.807) is 12.3 Å². The van der Waals surface area contributed by atoms with Gasteiger partial charge in [0, 0.05) is 41.7 Å². The van der Waals surface area contributed by atoms with Crippen molar-refractivity contribution < 1.29 is 4.39 Å². The van der Waals surface area contributed by atoms with E-state index in [2.05, 4.69) is 36.8 Å². The standard InChI is InChI=1S/C28H35FN4/c1-7-9-19(3)18-33-22(6)20(4)15-28(32-33)24-14-21(5)25(26(29)16-24)17-27(31-8-2)23-10-12-30-13-11-23/h8,10,12,14-18,23,30H,6-7,9,11,13H2,1-5H3/b19-18-,27-17-,31-8?. The van der Waals surface area contributed by atoms with Crippen LogP contribution in [0.25, 0.3) is 6.08 Å². The number of halogens is 1. The molecule has 0 aromatic heterocycles. The summed E-state index contributed by atoms with van der Waals surface area (Å²) in [6, 6.07) is 3.57. The highest BCUT2D eigenvalue weighted by Gasteiger charge is 2.19. The summed E-state index contributed by atoms with van der Waals surface area (Å²) in [7, 11) is 0. The van der Waals surface area contributed by atoms with Crippen LogP contribution in [0.15, 0.2) is 75.9 Å². The lowest BCUT2D eigenvalue weighted by Gasteiger charge is -2.25. The van der Waals surface area contributed by atoms with Gasteiger partial charge in [-0.05, 0) is 82.2 Å². The third-order valence-electron chi connectivity index (χ3n) is 5.92. The van der Waals surface area contributed by atoms with Crippen molar-refractivity contribution in [3.63, 3.8) is 0 Å². The van der Waals surface area contributed by atoms with E-state index in [-0.39, 0.29) is 11.7 Å². The summed E-state index contributed by atoms with van der Waals surface area (Å²) >= 11 is 0. The molecule has 0 amide bonds. The van der Waals surface area contributed by atoms with Crippen molar-refractivity contribution in [3.05, 3.63) is 88.3 Å². The Kier molecular flexibility index (Phi) is 8.21. The van der Waals surface area contributed by atoms with Gasteiger partial charge in [-0.2, -0.15) is 5.10 Å². The van der Waals surface area contributed by atoms with Crippen LogP contribution in [0.3, 0.4) is 0 Å². The molecule has 33 heavy (non-hydrogen) atoms. The summed E-state index contributed by atoms with van der Waals surface area (Å²) in [4.78, 5) is 4.54. The van der Waals surface area contributed by atoms with Crippen LogP contribution in [0.5, 0.6) is 0 Å². The summed E-state index contributed by atoms with van der Waals surface area (Å²) in [6.45, 7) is 15.1. The Morgan fingerprint density at radius 2 is 2.15 bits per heavy atom. The fourth-order valence-corrected chi connectivity index (χ4v) is 4.06. The number of hydrazone groups is 1. The highest BCUT2D eigenvalue weighted by atomic mass is 19.1. The molecule has 0 radical (unpaired) electrons. The van der Waals surface area contributed by atoms with E-state index >= 15 is 4.39 Å². The van der Waals surface area contributed by atoms with Crippen LogP contribution in [-0.2, 0) is 0 Å². The molecule has 0 saturated carbocycles. The summed E-state index contributed by atoms with van der Waals surface area (Å²) in [6.07, 6.45) is 14.7. The molecule has 0 aliphatic carbocycles. The van der Waals surface area contributed by atoms with Crippen LogP contribution >= 0.6 is 0 Å². The maximum Gasteiger partial charge on any atom is 0.131 e. The number of aliphatic imine (C=N–C) groups is 1. The monoisotopic (exact) mass is 446 g/mol. The van der Waals surface area contributed by atoms with Gasteiger partial charge in [-0.3, -0.25) is 4.99 Å². The van der Waals surface area contributed by atoms with E-state index in [0.29, 0.717) is 5.56 Å². The molecule has 2 aliphatic rings. The molecule has 1 atom stereocenters. The first kappa shape index (κ1) is 24.4. The van der Waals surface area contributed by atoms with Gasteiger partial charge in [-0.1, -0.05) is 31.6 Å². The highest BCUT2D eigenvalue weighted by molar-refractivity contribution is 6.10. The number of rotatable bonds is 7. The quantitative estimate of drug-likeness (QED) is 0.464. The maximum atomic E-state index is 15.4. The third-order valence-corrected chi connectivity index (χ3v) is 5.92. The minimum Gasteiger partial charge on any atom is -0.391 e. The lowest BCUT2D eigenvalue weighted by atomic mass is 9.94. The third kappa shape index (κ3) is 5.98. The first-order valence-corrected chi connectivity index (χ1v) is 11.7. The van der Waals surface area contributed by atoms with Gasteiger partial charge < -0.3 is 5.32 Å². The van der Waals surface area contributed by atoms with Crippen molar-refractivity contribution in [2.45, 2.75) is 53.9 Å². The molecule has 0 bridgehead atoms. The van der Waals surface area contributed by atoms with Crippen molar-refractivity contribution in [2.24, 2.45) is 16.0 Å². The van der Waals surface area contributed by atoms with Crippen LogP contribution in [0.4, 0.5) is 4.39 Å². The molecular weight excluding hydrogens is 411 g/mol. The highest BCUT2D eigenvalue weighted by Crippen LogP contribution is 2.28. The molecule has 0 fully saturated rings. The van der Waals surface area contributed by atoms with E-state index in [9.17, 15) is 0 Å². The van der Waals surface area contributed by atoms with Gasteiger partial charge in [0.05, 0.1) is 11.4 Å². The minimum absolute atomic E-state index is 0.173. The lowest BCUT2D eigenvalue weighted by molar-refractivity contribution is 0.497. The number of hydrogen-bond donors (Lipinski definition) is 1. The molecule has 2 aliphatic heterocycles. The van der Waals surface area contributed by atoms with E-state index in [0.717, 1.165) is 59.6 Å². The minimum atomic E-state index is -0.269. The number of nitrogens with zero attached hydrogens (tertiary/aromatic N) is 3. The number of aryl methyl sites for hydroxylation is 1. The van der Waals surface area contributed by atoms with Gasteiger partial charge in [0.2, 0.25) is 0 Å². The normalized spacial score (nSPS) is 19.6. The largest absolute Gasteiger partial charge is 0.391 e. The molecule has 4 nitrogen and oxygen atoms in total. The second-order valence-corrected chi connectivity index (χ2v) is 8.68. The average molecular weight is 447 g/mol. The molecule has 1 unspecified atom stereocenters. The van der Waals surface area contributed by atoms with Crippen LogP contribution in [-0.4, -0.2) is 23.5 Å². The van der Waals surface area contributed by atoms with E-state index in [1.165, 1.54) is 5.57 Å². The van der Waals surface area contributed by atoms with E-state index in [4.69, 9.17) is 5.10 Å². The Hall–Kier alpha value is -3.21. The molecule has 174 valence electrons. The Bertz CT molecular complexity index is 1060.